The Morgan fingerprint density at radius 3 is 2.50 bits per heavy atom. The number of hydrogen-bond acceptors (Lipinski definition) is 3. The molecule has 22 heavy (non-hydrogen) atoms. The number of oxime groups is 1. The Hall–Kier alpha value is -1.91. The van der Waals surface area contributed by atoms with E-state index < -0.39 is 6.10 Å². The first-order chi connectivity index (χ1) is 10.6. The number of likely N-dealkylation sites (tertiary alicyclic amines) is 1. The molecule has 1 aromatic rings. The number of halogens is 1. The van der Waals surface area contributed by atoms with Crippen LogP contribution < -0.4 is 0 Å². The van der Waals surface area contributed by atoms with Crippen LogP contribution in [0.1, 0.15) is 45.1 Å². The fourth-order valence-electron chi connectivity index (χ4n) is 3.34. The van der Waals surface area contributed by atoms with Gasteiger partial charge in [0, 0.05) is 18.5 Å². The summed E-state index contributed by atoms with van der Waals surface area (Å²) in [4.78, 5) is 20.0. The lowest BCUT2D eigenvalue weighted by molar-refractivity contribution is -0.148. The molecule has 1 aromatic carbocycles. The molecule has 3 rings (SSSR count). The van der Waals surface area contributed by atoms with Gasteiger partial charge in [0.15, 0.2) is 0 Å². The Morgan fingerprint density at radius 1 is 1.23 bits per heavy atom. The number of rotatable bonds is 2. The average Bonchev–Trinajstić information content (AvgIpc) is 2.97. The summed E-state index contributed by atoms with van der Waals surface area (Å²) in [6, 6.07) is 6.60. The number of carbonyl (C=O) groups excluding carboxylic acids is 1. The standard InChI is InChI=1S/C17H21FN2O2/c1-11-4-3-5-12(2)20(11)17(21)16-10-15(19-22-16)13-6-8-14(18)9-7-13/h6-9,11-12,16H,3-5,10H2,1-2H3/t11-,12+,16-/m0/s1. The third-order valence-corrected chi connectivity index (χ3v) is 4.57. The quantitative estimate of drug-likeness (QED) is 0.842. The first kappa shape index (κ1) is 15.0. The summed E-state index contributed by atoms with van der Waals surface area (Å²) in [6.45, 7) is 4.18. The van der Waals surface area contributed by atoms with Crippen molar-refractivity contribution in [2.45, 2.75) is 57.7 Å². The molecule has 2 heterocycles. The van der Waals surface area contributed by atoms with E-state index in [1.165, 1.54) is 12.1 Å². The van der Waals surface area contributed by atoms with Crippen LogP contribution in [0.2, 0.25) is 0 Å². The summed E-state index contributed by atoms with van der Waals surface area (Å²) >= 11 is 0. The topological polar surface area (TPSA) is 41.9 Å². The lowest BCUT2D eigenvalue weighted by Gasteiger charge is -2.39. The zero-order chi connectivity index (χ0) is 15.7. The molecule has 2 aliphatic rings. The molecule has 5 heteroatoms. The van der Waals surface area contributed by atoms with E-state index in [1.807, 2.05) is 4.90 Å². The Balaban J connectivity index is 1.68. The number of nitrogens with zero attached hydrogens (tertiary/aromatic N) is 2. The zero-order valence-corrected chi connectivity index (χ0v) is 13.0. The fourth-order valence-corrected chi connectivity index (χ4v) is 3.34. The van der Waals surface area contributed by atoms with E-state index >= 15 is 0 Å². The van der Waals surface area contributed by atoms with E-state index in [4.69, 9.17) is 4.84 Å². The molecular formula is C17H21FN2O2. The van der Waals surface area contributed by atoms with Crippen LogP contribution in [0.25, 0.3) is 0 Å². The van der Waals surface area contributed by atoms with Crippen LogP contribution in [0.15, 0.2) is 29.4 Å². The van der Waals surface area contributed by atoms with Gasteiger partial charge in [-0.3, -0.25) is 4.79 Å². The number of benzene rings is 1. The molecule has 0 radical (unpaired) electrons. The maximum absolute atomic E-state index is 13.0. The number of piperidine rings is 1. The highest BCUT2D eigenvalue weighted by atomic mass is 19.1. The maximum atomic E-state index is 13.0. The van der Waals surface area contributed by atoms with E-state index in [2.05, 4.69) is 19.0 Å². The van der Waals surface area contributed by atoms with Crippen molar-refractivity contribution in [1.29, 1.82) is 0 Å². The van der Waals surface area contributed by atoms with Gasteiger partial charge in [-0.2, -0.15) is 0 Å². The van der Waals surface area contributed by atoms with Crippen LogP contribution in [-0.2, 0) is 9.63 Å². The van der Waals surface area contributed by atoms with Gasteiger partial charge in [0.25, 0.3) is 5.91 Å². The van der Waals surface area contributed by atoms with E-state index in [1.54, 1.807) is 12.1 Å². The van der Waals surface area contributed by atoms with Crippen molar-refractivity contribution in [3.63, 3.8) is 0 Å². The predicted octanol–water partition coefficient (Wildman–Crippen LogP) is 3.11. The molecule has 0 bridgehead atoms. The maximum Gasteiger partial charge on any atom is 0.267 e. The van der Waals surface area contributed by atoms with Crippen LogP contribution in [0.5, 0.6) is 0 Å². The van der Waals surface area contributed by atoms with Crippen molar-refractivity contribution >= 4 is 11.6 Å². The fraction of sp³-hybridized carbons (Fsp3) is 0.529. The van der Waals surface area contributed by atoms with Crippen molar-refractivity contribution in [2.75, 3.05) is 0 Å². The van der Waals surface area contributed by atoms with Gasteiger partial charge >= 0.3 is 0 Å². The van der Waals surface area contributed by atoms with E-state index in [0.717, 1.165) is 24.8 Å². The summed E-state index contributed by atoms with van der Waals surface area (Å²) in [5, 5.41) is 4.03. The van der Waals surface area contributed by atoms with Gasteiger partial charge in [-0.15, -0.1) is 0 Å². The van der Waals surface area contributed by atoms with Gasteiger partial charge in [-0.1, -0.05) is 17.3 Å². The lowest BCUT2D eigenvalue weighted by atomic mass is 9.96. The lowest BCUT2D eigenvalue weighted by Crippen LogP contribution is -2.51. The highest BCUT2D eigenvalue weighted by Crippen LogP contribution is 2.26. The molecule has 3 atom stereocenters. The summed E-state index contributed by atoms with van der Waals surface area (Å²) in [6.07, 6.45) is 3.13. The van der Waals surface area contributed by atoms with E-state index in [-0.39, 0.29) is 23.8 Å². The molecule has 1 saturated heterocycles. The monoisotopic (exact) mass is 304 g/mol. The molecule has 0 unspecified atom stereocenters. The number of amides is 1. The van der Waals surface area contributed by atoms with Gasteiger partial charge in [0.05, 0.1) is 5.71 Å². The Labute approximate surface area is 129 Å². The van der Waals surface area contributed by atoms with Gasteiger partial charge in [0.1, 0.15) is 5.82 Å². The highest BCUT2D eigenvalue weighted by molar-refractivity contribution is 6.04. The third-order valence-electron chi connectivity index (χ3n) is 4.57. The van der Waals surface area contributed by atoms with Gasteiger partial charge in [-0.05, 0) is 50.8 Å². The van der Waals surface area contributed by atoms with Gasteiger partial charge in [0.2, 0.25) is 6.10 Å². The van der Waals surface area contributed by atoms with Crippen molar-refractivity contribution in [1.82, 2.24) is 4.90 Å². The van der Waals surface area contributed by atoms with Crippen LogP contribution in [0.3, 0.4) is 0 Å². The van der Waals surface area contributed by atoms with Crippen LogP contribution in [0.4, 0.5) is 4.39 Å². The molecule has 2 aliphatic heterocycles. The smallest absolute Gasteiger partial charge is 0.267 e. The van der Waals surface area contributed by atoms with Crippen molar-refractivity contribution in [3.8, 4) is 0 Å². The third kappa shape index (κ3) is 2.85. The molecular weight excluding hydrogens is 283 g/mol. The Morgan fingerprint density at radius 2 is 1.86 bits per heavy atom. The number of carbonyl (C=O) groups is 1. The number of hydrogen-bond donors (Lipinski definition) is 0. The van der Waals surface area contributed by atoms with Gasteiger partial charge < -0.3 is 9.74 Å². The minimum atomic E-state index is -0.553. The Kier molecular flexibility index (Phi) is 4.14. The molecule has 0 N–H and O–H groups in total. The molecule has 118 valence electrons. The summed E-state index contributed by atoms with van der Waals surface area (Å²) < 4.78 is 13.0. The van der Waals surface area contributed by atoms with E-state index in [9.17, 15) is 9.18 Å². The summed E-state index contributed by atoms with van der Waals surface area (Å²) in [5.41, 5.74) is 1.51. The second kappa shape index (κ2) is 6.07. The van der Waals surface area contributed by atoms with Crippen LogP contribution in [0, 0.1) is 5.82 Å². The van der Waals surface area contributed by atoms with Crippen molar-refractivity contribution < 1.29 is 14.0 Å². The highest BCUT2D eigenvalue weighted by Gasteiger charge is 2.37. The molecule has 1 amide bonds. The molecule has 0 spiro atoms. The van der Waals surface area contributed by atoms with E-state index in [0.29, 0.717) is 12.1 Å². The normalized spacial score (nSPS) is 28.2. The van der Waals surface area contributed by atoms with Crippen LogP contribution in [-0.4, -0.2) is 34.7 Å². The van der Waals surface area contributed by atoms with Crippen molar-refractivity contribution in [3.05, 3.63) is 35.6 Å². The first-order valence-electron chi connectivity index (χ1n) is 7.87. The average molecular weight is 304 g/mol. The largest absolute Gasteiger partial charge is 0.382 e. The minimum Gasteiger partial charge on any atom is -0.382 e. The zero-order valence-electron chi connectivity index (χ0n) is 13.0. The molecule has 1 fully saturated rings. The Bertz CT molecular complexity index is 575. The molecule has 0 aromatic heterocycles. The molecule has 0 saturated carbocycles. The molecule has 4 nitrogen and oxygen atoms in total. The molecule has 0 aliphatic carbocycles. The summed E-state index contributed by atoms with van der Waals surface area (Å²) in [7, 11) is 0. The minimum absolute atomic E-state index is 0.0144. The van der Waals surface area contributed by atoms with Crippen LogP contribution >= 0.6 is 0 Å². The predicted molar refractivity (Wildman–Crippen MR) is 82.0 cm³/mol. The SMILES string of the molecule is C[C@@H]1CCC[C@H](C)N1C(=O)[C@@H]1CC(c2ccc(F)cc2)=NO1. The summed E-state index contributed by atoms with van der Waals surface area (Å²) in [5.74, 6) is -0.271. The second-order valence-electron chi connectivity index (χ2n) is 6.22. The second-order valence-corrected chi connectivity index (χ2v) is 6.22. The van der Waals surface area contributed by atoms with Crippen molar-refractivity contribution in [2.24, 2.45) is 5.16 Å². The first-order valence-corrected chi connectivity index (χ1v) is 7.87. The van der Waals surface area contributed by atoms with Gasteiger partial charge in [-0.25, -0.2) is 4.39 Å².